The highest BCUT2D eigenvalue weighted by atomic mass is 35.5. The minimum absolute atomic E-state index is 0.00516. The Hall–Kier alpha value is -2.11. The van der Waals surface area contributed by atoms with E-state index < -0.39 is 0 Å². The lowest BCUT2D eigenvalue weighted by molar-refractivity contribution is 0.0707. The molecule has 4 rings (SSSR count). The van der Waals surface area contributed by atoms with Crippen molar-refractivity contribution in [2.75, 3.05) is 13.1 Å². The van der Waals surface area contributed by atoms with E-state index in [0.29, 0.717) is 23.0 Å². The average molecular weight is 400 g/mol. The molecule has 2 aromatic heterocycles. The molecule has 1 aliphatic rings. The molecule has 1 aromatic carbocycles. The molecule has 27 heavy (non-hydrogen) atoms. The Bertz CT molecular complexity index is 944. The summed E-state index contributed by atoms with van der Waals surface area (Å²) < 4.78 is 2.14. The zero-order valence-electron chi connectivity index (χ0n) is 15.5. The molecule has 1 unspecified atom stereocenters. The first-order valence-electron chi connectivity index (χ1n) is 9.18. The van der Waals surface area contributed by atoms with Crippen LogP contribution in [0.15, 0.2) is 41.9 Å². The fourth-order valence-corrected chi connectivity index (χ4v) is 4.83. The highest BCUT2D eigenvalue weighted by Gasteiger charge is 2.28. The third kappa shape index (κ3) is 3.54. The van der Waals surface area contributed by atoms with Gasteiger partial charge in [0.15, 0.2) is 0 Å². The Morgan fingerprint density at radius 1 is 1.22 bits per heavy atom. The Morgan fingerprint density at radius 3 is 2.70 bits per heavy atom. The van der Waals surface area contributed by atoms with E-state index in [1.165, 1.54) is 0 Å². The number of rotatable bonds is 3. The summed E-state index contributed by atoms with van der Waals surface area (Å²) in [4.78, 5) is 19.6. The van der Waals surface area contributed by atoms with Crippen LogP contribution in [0.1, 0.15) is 45.5 Å². The van der Waals surface area contributed by atoms with Gasteiger partial charge in [-0.15, -0.1) is 11.3 Å². The second-order valence-corrected chi connectivity index (χ2v) is 8.41. The topological polar surface area (TPSA) is 38.1 Å². The summed E-state index contributed by atoms with van der Waals surface area (Å²) in [6.07, 6.45) is 3.90. The number of carbonyl (C=O) groups excluding carboxylic acids is 1. The molecule has 1 aliphatic heterocycles. The van der Waals surface area contributed by atoms with E-state index in [0.717, 1.165) is 41.5 Å². The van der Waals surface area contributed by atoms with Crippen molar-refractivity contribution in [2.45, 2.75) is 32.6 Å². The van der Waals surface area contributed by atoms with Crippen LogP contribution in [-0.2, 0) is 0 Å². The zero-order chi connectivity index (χ0) is 19.0. The molecule has 0 saturated carbocycles. The molecule has 3 heterocycles. The van der Waals surface area contributed by atoms with Crippen molar-refractivity contribution in [3.05, 3.63) is 68.9 Å². The van der Waals surface area contributed by atoms with Crippen LogP contribution in [0.25, 0.3) is 5.69 Å². The number of aromatic nitrogens is 2. The van der Waals surface area contributed by atoms with Gasteiger partial charge in [0.1, 0.15) is 0 Å². The number of benzene rings is 1. The van der Waals surface area contributed by atoms with Gasteiger partial charge < -0.3 is 9.47 Å². The monoisotopic (exact) mass is 399 g/mol. The van der Waals surface area contributed by atoms with Crippen molar-refractivity contribution in [3.63, 3.8) is 0 Å². The van der Waals surface area contributed by atoms with Gasteiger partial charge in [0, 0.05) is 47.7 Å². The zero-order valence-corrected chi connectivity index (χ0v) is 17.1. The minimum Gasteiger partial charge on any atom is -0.338 e. The Labute approximate surface area is 168 Å². The molecular formula is C21H22ClN3OS. The molecule has 6 heteroatoms. The maximum Gasteiger partial charge on any atom is 0.255 e. The highest BCUT2D eigenvalue weighted by Crippen LogP contribution is 2.30. The fraction of sp³-hybridized carbons (Fsp3) is 0.333. The van der Waals surface area contributed by atoms with Gasteiger partial charge in [0.05, 0.1) is 15.6 Å². The summed E-state index contributed by atoms with van der Waals surface area (Å²) in [7, 11) is 0. The van der Waals surface area contributed by atoms with Crippen molar-refractivity contribution in [3.8, 4) is 5.69 Å². The van der Waals surface area contributed by atoms with Crippen LogP contribution in [0, 0.1) is 13.8 Å². The summed E-state index contributed by atoms with van der Waals surface area (Å²) in [6.45, 7) is 5.59. The van der Waals surface area contributed by atoms with Crippen molar-refractivity contribution in [1.82, 2.24) is 14.5 Å². The maximum atomic E-state index is 13.2. The van der Waals surface area contributed by atoms with Crippen LogP contribution in [0.4, 0.5) is 0 Å². The summed E-state index contributed by atoms with van der Waals surface area (Å²) >= 11 is 8.09. The van der Waals surface area contributed by atoms with Gasteiger partial charge in [-0.1, -0.05) is 11.6 Å². The molecule has 1 fully saturated rings. The molecule has 0 radical (unpaired) electrons. The van der Waals surface area contributed by atoms with Gasteiger partial charge in [-0.25, -0.2) is 4.98 Å². The smallest absolute Gasteiger partial charge is 0.255 e. The predicted molar refractivity (Wildman–Crippen MR) is 110 cm³/mol. The average Bonchev–Trinajstić information content (AvgIpc) is 3.32. The van der Waals surface area contributed by atoms with Gasteiger partial charge >= 0.3 is 0 Å². The first-order chi connectivity index (χ1) is 13.0. The van der Waals surface area contributed by atoms with E-state index in [9.17, 15) is 4.79 Å². The summed E-state index contributed by atoms with van der Waals surface area (Å²) in [5.74, 6) is 0.323. The molecule has 0 N–H and O–H groups in total. The van der Waals surface area contributed by atoms with E-state index in [-0.39, 0.29) is 5.91 Å². The number of nitrogens with zero attached hydrogens (tertiary/aromatic N) is 3. The van der Waals surface area contributed by atoms with Gasteiger partial charge in [-0.05, 0) is 57.0 Å². The van der Waals surface area contributed by atoms with Crippen LogP contribution in [0.5, 0.6) is 0 Å². The lowest BCUT2D eigenvalue weighted by Crippen LogP contribution is -2.39. The van der Waals surface area contributed by atoms with Gasteiger partial charge in [-0.3, -0.25) is 4.79 Å². The van der Waals surface area contributed by atoms with Crippen LogP contribution in [0.3, 0.4) is 0 Å². The molecular weight excluding hydrogens is 378 g/mol. The van der Waals surface area contributed by atoms with Crippen molar-refractivity contribution in [2.24, 2.45) is 0 Å². The SMILES string of the molecule is Cc1ccc(C)n1-c1ccc(Cl)c(C(=O)N2CCCC(c3nccs3)C2)c1. The number of hydrogen-bond acceptors (Lipinski definition) is 3. The quantitative estimate of drug-likeness (QED) is 0.605. The third-order valence-electron chi connectivity index (χ3n) is 5.22. The normalized spacial score (nSPS) is 17.3. The van der Waals surface area contributed by atoms with E-state index in [4.69, 9.17) is 11.6 Å². The van der Waals surface area contributed by atoms with E-state index >= 15 is 0 Å². The van der Waals surface area contributed by atoms with Crippen LogP contribution in [0.2, 0.25) is 5.02 Å². The number of aryl methyl sites for hydroxylation is 2. The maximum absolute atomic E-state index is 13.2. The number of halogens is 1. The van der Waals surface area contributed by atoms with Crippen LogP contribution in [-0.4, -0.2) is 33.4 Å². The molecule has 1 atom stereocenters. The number of thiazole rings is 1. The fourth-order valence-electron chi connectivity index (χ4n) is 3.86. The molecule has 1 amide bonds. The first-order valence-corrected chi connectivity index (χ1v) is 10.4. The van der Waals surface area contributed by atoms with Crippen molar-refractivity contribution in [1.29, 1.82) is 0 Å². The van der Waals surface area contributed by atoms with E-state index in [1.807, 2.05) is 34.7 Å². The molecule has 4 nitrogen and oxygen atoms in total. The van der Waals surface area contributed by atoms with Crippen molar-refractivity contribution < 1.29 is 4.79 Å². The minimum atomic E-state index is 0.00516. The molecule has 3 aromatic rings. The first kappa shape index (κ1) is 18.3. The Morgan fingerprint density at radius 2 is 2.00 bits per heavy atom. The summed E-state index contributed by atoms with van der Waals surface area (Å²) in [5.41, 5.74) is 3.81. The van der Waals surface area contributed by atoms with E-state index in [2.05, 4.69) is 35.5 Å². The lowest BCUT2D eigenvalue weighted by Gasteiger charge is -2.32. The van der Waals surface area contributed by atoms with Gasteiger partial charge in [-0.2, -0.15) is 0 Å². The summed E-state index contributed by atoms with van der Waals surface area (Å²) in [6, 6.07) is 9.86. The van der Waals surface area contributed by atoms with Crippen LogP contribution >= 0.6 is 22.9 Å². The van der Waals surface area contributed by atoms with Crippen molar-refractivity contribution >= 4 is 28.8 Å². The van der Waals surface area contributed by atoms with Crippen LogP contribution < -0.4 is 0 Å². The predicted octanol–water partition coefficient (Wildman–Crippen LogP) is 5.22. The number of carbonyl (C=O) groups is 1. The largest absolute Gasteiger partial charge is 0.338 e. The molecule has 0 bridgehead atoms. The number of amides is 1. The van der Waals surface area contributed by atoms with Gasteiger partial charge in [0.2, 0.25) is 0 Å². The highest BCUT2D eigenvalue weighted by molar-refractivity contribution is 7.09. The summed E-state index contributed by atoms with van der Waals surface area (Å²) in [5, 5.41) is 3.62. The number of likely N-dealkylation sites (tertiary alicyclic amines) is 1. The molecule has 0 aliphatic carbocycles. The number of piperidine rings is 1. The third-order valence-corrected chi connectivity index (χ3v) is 6.49. The van der Waals surface area contributed by atoms with E-state index in [1.54, 1.807) is 11.3 Å². The number of hydrogen-bond donors (Lipinski definition) is 0. The molecule has 1 saturated heterocycles. The molecule has 140 valence electrons. The lowest BCUT2D eigenvalue weighted by atomic mass is 9.98. The standard InChI is InChI=1S/C21H22ClN3OS/c1-14-5-6-15(2)25(14)17-7-8-19(22)18(12-17)21(26)24-10-3-4-16(13-24)20-23-9-11-27-20/h5-9,11-12,16H,3-4,10,13H2,1-2H3. The second kappa shape index (κ2) is 7.49. The Balaban J connectivity index is 1.62. The van der Waals surface area contributed by atoms with Gasteiger partial charge in [0.25, 0.3) is 5.91 Å². The molecule has 0 spiro atoms. The second-order valence-electron chi connectivity index (χ2n) is 7.08. The Kier molecular flexibility index (Phi) is 5.06.